The Balaban J connectivity index is 1.75. The summed E-state index contributed by atoms with van der Waals surface area (Å²) in [6.07, 6.45) is 1.89. The number of halogens is 3. The average Bonchev–Trinajstić information content (AvgIpc) is 2.55. The number of hydrogen-bond acceptors (Lipinski definition) is 2. The quantitative estimate of drug-likeness (QED) is 0.668. The molecule has 2 aromatic rings. The molecule has 24 heavy (non-hydrogen) atoms. The van der Waals surface area contributed by atoms with Crippen molar-refractivity contribution in [2.75, 3.05) is 11.1 Å². The number of nitrogen functional groups attached to an aromatic ring is 1. The number of benzene rings is 2. The second-order valence-corrected chi connectivity index (χ2v) is 6.42. The summed E-state index contributed by atoms with van der Waals surface area (Å²) in [5.41, 5.74) is 7.34. The van der Waals surface area contributed by atoms with Crippen LogP contribution >= 0.6 is 0 Å². The highest BCUT2D eigenvalue weighted by Crippen LogP contribution is 2.35. The van der Waals surface area contributed by atoms with Crippen LogP contribution in [0.1, 0.15) is 49.1 Å². The summed E-state index contributed by atoms with van der Waals surface area (Å²) in [6, 6.07) is 11.5. The fourth-order valence-electron chi connectivity index (χ4n) is 3.33. The van der Waals surface area contributed by atoms with Gasteiger partial charge in [0, 0.05) is 17.1 Å². The Hall–Kier alpha value is -2.17. The molecule has 3 N–H and O–H groups in total. The largest absolute Gasteiger partial charge is 0.416 e. The first-order valence-electron chi connectivity index (χ1n) is 8.26. The minimum absolute atomic E-state index is 0.0890. The molecule has 3 rings (SSSR count). The number of rotatable bonds is 3. The lowest BCUT2D eigenvalue weighted by atomic mass is 9.84. The monoisotopic (exact) mass is 334 g/mol. The fourth-order valence-corrected chi connectivity index (χ4v) is 3.33. The van der Waals surface area contributed by atoms with Crippen molar-refractivity contribution < 1.29 is 13.2 Å². The highest BCUT2D eigenvalue weighted by Gasteiger charge is 2.31. The van der Waals surface area contributed by atoms with E-state index in [0.29, 0.717) is 11.6 Å². The molecule has 2 aromatic carbocycles. The lowest BCUT2D eigenvalue weighted by Crippen LogP contribution is -2.07. The molecule has 0 saturated heterocycles. The van der Waals surface area contributed by atoms with E-state index in [9.17, 15) is 13.2 Å². The third-order valence-electron chi connectivity index (χ3n) is 4.56. The molecule has 0 heterocycles. The topological polar surface area (TPSA) is 38.0 Å². The predicted octanol–water partition coefficient (Wildman–Crippen LogP) is 6.08. The first kappa shape index (κ1) is 16.7. The predicted molar refractivity (Wildman–Crippen MR) is 91.4 cm³/mol. The van der Waals surface area contributed by atoms with Gasteiger partial charge in [0.25, 0.3) is 0 Å². The van der Waals surface area contributed by atoms with Crippen molar-refractivity contribution in [3.8, 4) is 0 Å². The van der Waals surface area contributed by atoms with E-state index in [1.165, 1.54) is 43.7 Å². The third kappa shape index (κ3) is 4.02. The summed E-state index contributed by atoms with van der Waals surface area (Å²) in [5.74, 6) is 0.608. The third-order valence-corrected chi connectivity index (χ3v) is 4.56. The second-order valence-electron chi connectivity index (χ2n) is 6.42. The molecule has 0 radical (unpaired) electrons. The van der Waals surface area contributed by atoms with Gasteiger partial charge in [-0.25, -0.2) is 0 Å². The van der Waals surface area contributed by atoms with Gasteiger partial charge < -0.3 is 11.1 Å². The van der Waals surface area contributed by atoms with Gasteiger partial charge in [0.05, 0.1) is 5.56 Å². The maximum atomic E-state index is 12.9. The summed E-state index contributed by atoms with van der Waals surface area (Å²) in [6.45, 7) is 0. The number of alkyl halides is 3. The van der Waals surface area contributed by atoms with Gasteiger partial charge in [-0.05, 0) is 54.7 Å². The summed E-state index contributed by atoms with van der Waals surface area (Å²) in [5, 5.41) is 3.01. The molecule has 0 aromatic heterocycles. The molecule has 2 nitrogen and oxygen atoms in total. The van der Waals surface area contributed by atoms with Gasteiger partial charge in [0.15, 0.2) is 0 Å². The molecule has 1 fully saturated rings. The van der Waals surface area contributed by atoms with Crippen LogP contribution in [0.3, 0.4) is 0 Å². The van der Waals surface area contributed by atoms with Crippen LogP contribution in [0.25, 0.3) is 0 Å². The molecule has 0 spiro atoms. The second kappa shape index (κ2) is 6.75. The van der Waals surface area contributed by atoms with Crippen molar-refractivity contribution in [1.82, 2.24) is 0 Å². The van der Waals surface area contributed by atoms with E-state index >= 15 is 0 Å². The zero-order valence-corrected chi connectivity index (χ0v) is 13.4. The molecular weight excluding hydrogens is 313 g/mol. The van der Waals surface area contributed by atoms with Crippen molar-refractivity contribution in [3.05, 3.63) is 53.6 Å². The maximum Gasteiger partial charge on any atom is 0.416 e. The molecule has 0 aliphatic heterocycles. The molecule has 0 amide bonds. The minimum Gasteiger partial charge on any atom is -0.399 e. The minimum atomic E-state index is -4.41. The van der Waals surface area contributed by atoms with Crippen LogP contribution in [-0.4, -0.2) is 0 Å². The van der Waals surface area contributed by atoms with Crippen LogP contribution in [0, 0.1) is 0 Å². The normalized spacial score (nSPS) is 16.1. The van der Waals surface area contributed by atoms with Crippen LogP contribution in [0.5, 0.6) is 0 Å². The van der Waals surface area contributed by atoms with Crippen LogP contribution in [0.15, 0.2) is 42.5 Å². The molecular formula is C19H21F3N2. The van der Waals surface area contributed by atoms with E-state index in [0.717, 1.165) is 17.8 Å². The molecule has 0 bridgehead atoms. The number of nitrogens with two attached hydrogens (primary N) is 1. The van der Waals surface area contributed by atoms with Crippen molar-refractivity contribution >= 4 is 17.1 Å². The van der Waals surface area contributed by atoms with Crippen LogP contribution in [0.2, 0.25) is 0 Å². The van der Waals surface area contributed by atoms with E-state index in [2.05, 4.69) is 17.4 Å². The lowest BCUT2D eigenvalue weighted by molar-refractivity contribution is -0.137. The molecule has 0 unspecified atom stereocenters. The van der Waals surface area contributed by atoms with Gasteiger partial charge in [-0.15, -0.1) is 0 Å². The fraction of sp³-hybridized carbons (Fsp3) is 0.368. The molecule has 1 aliphatic rings. The number of hydrogen-bond donors (Lipinski definition) is 2. The molecule has 1 saturated carbocycles. The van der Waals surface area contributed by atoms with Crippen LogP contribution in [0.4, 0.5) is 30.2 Å². The van der Waals surface area contributed by atoms with Crippen molar-refractivity contribution in [3.63, 3.8) is 0 Å². The van der Waals surface area contributed by atoms with E-state index in [1.807, 2.05) is 12.1 Å². The zero-order chi connectivity index (χ0) is 17.2. The van der Waals surface area contributed by atoms with E-state index in [-0.39, 0.29) is 5.69 Å². The Kier molecular flexibility index (Phi) is 4.69. The summed E-state index contributed by atoms with van der Waals surface area (Å²) in [4.78, 5) is 0. The molecule has 5 heteroatoms. The highest BCUT2D eigenvalue weighted by molar-refractivity contribution is 5.65. The highest BCUT2D eigenvalue weighted by atomic mass is 19.4. The summed E-state index contributed by atoms with van der Waals surface area (Å²) >= 11 is 0. The number of nitrogens with one attached hydrogen (secondary N) is 1. The smallest absolute Gasteiger partial charge is 0.399 e. The first-order chi connectivity index (χ1) is 11.4. The Morgan fingerprint density at radius 2 is 1.54 bits per heavy atom. The van der Waals surface area contributed by atoms with Crippen molar-refractivity contribution in [2.24, 2.45) is 0 Å². The average molecular weight is 334 g/mol. The maximum absolute atomic E-state index is 12.9. The first-order valence-corrected chi connectivity index (χ1v) is 8.26. The van der Waals surface area contributed by atoms with Crippen LogP contribution < -0.4 is 11.1 Å². The van der Waals surface area contributed by atoms with Gasteiger partial charge in [0.1, 0.15) is 0 Å². The van der Waals surface area contributed by atoms with Crippen molar-refractivity contribution in [2.45, 2.75) is 44.2 Å². The molecule has 1 aliphatic carbocycles. The molecule has 128 valence electrons. The SMILES string of the molecule is Nc1cc(Nc2ccc(C3CCCCC3)cc2)cc(C(F)(F)F)c1. The van der Waals surface area contributed by atoms with E-state index in [1.54, 1.807) is 0 Å². The van der Waals surface area contributed by atoms with E-state index < -0.39 is 11.7 Å². The Labute approximate surface area is 139 Å². The summed E-state index contributed by atoms with van der Waals surface area (Å²) in [7, 11) is 0. The lowest BCUT2D eigenvalue weighted by Gasteiger charge is -2.22. The van der Waals surface area contributed by atoms with Crippen molar-refractivity contribution in [1.29, 1.82) is 0 Å². The Morgan fingerprint density at radius 3 is 2.17 bits per heavy atom. The molecule has 0 atom stereocenters. The standard InChI is InChI=1S/C19H21F3N2/c20-19(21,22)15-10-16(23)12-18(11-15)24-17-8-6-14(7-9-17)13-4-2-1-3-5-13/h6-13,24H,1-5,23H2. The Morgan fingerprint density at radius 1 is 0.875 bits per heavy atom. The number of anilines is 3. The Bertz CT molecular complexity index is 687. The van der Waals surface area contributed by atoms with E-state index in [4.69, 9.17) is 5.73 Å². The summed E-state index contributed by atoms with van der Waals surface area (Å²) < 4.78 is 38.6. The van der Waals surface area contributed by atoms with Gasteiger partial charge >= 0.3 is 6.18 Å². The van der Waals surface area contributed by atoms with Gasteiger partial charge in [0.2, 0.25) is 0 Å². The van der Waals surface area contributed by atoms with Gasteiger partial charge in [-0.1, -0.05) is 31.4 Å². The zero-order valence-electron chi connectivity index (χ0n) is 13.4. The van der Waals surface area contributed by atoms with Gasteiger partial charge in [-0.3, -0.25) is 0 Å². The van der Waals surface area contributed by atoms with Crippen LogP contribution in [-0.2, 0) is 6.18 Å². The van der Waals surface area contributed by atoms with Gasteiger partial charge in [-0.2, -0.15) is 13.2 Å².